The summed E-state index contributed by atoms with van der Waals surface area (Å²) in [4.78, 5) is 14.7. The third kappa shape index (κ3) is 1.81. The van der Waals surface area contributed by atoms with Gasteiger partial charge >= 0.3 is 0 Å². The summed E-state index contributed by atoms with van der Waals surface area (Å²) in [7, 11) is 0. The number of likely N-dealkylation sites (tertiary alicyclic amines) is 1. The van der Waals surface area contributed by atoms with E-state index in [1.54, 1.807) is 0 Å². The van der Waals surface area contributed by atoms with Gasteiger partial charge in [0.15, 0.2) is 5.78 Å². The minimum Gasteiger partial charge on any atom is -0.298 e. The highest BCUT2D eigenvalue weighted by molar-refractivity contribution is 5.90. The van der Waals surface area contributed by atoms with Crippen LogP contribution in [0.4, 0.5) is 0 Å². The van der Waals surface area contributed by atoms with E-state index < -0.39 is 0 Å². The zero-order chi connectivity index (χ0) is 12.0. The minimum absolute atomic E-state index is 0.0797. The first-order valence-electron chi connectivity index (χ1n) is 6.67. The van der Waals surface area contributed by atoms with Gasteiger partial charge < -0.3 is 0 Å². The van der Waals surface area contributed by atoms with E-state index in [4.69, 9.17) is 0 Å². The maximum Gasteiger partial charge on any atom is 0.154 e. The average molecular weight is 223 g/mol. The van der Waals surface area contributed by atoms with Gasteiger partial charge in [0, 0.05) is 19.0 Å². The van der Waals surface area contributed by atoms with E-state index in [0.717, 1.165) is 25.8 Å². The van der Waals surface area contributed by atoms with Gasteiger partial charge in [0.25, 0.3) is 0 Å². The SMILES string of the molecule is CC(C)N1CCC(=O)C12CCC(C)(C)CC2. The molecule has 2 heteroatoms. The monoisotopic (exact) mass is 223 g/mol. The molecule has 0 aromatic rings. The lowest BCUT2D eigenvalue weighted by Gasteiger charge is -2.46. The number of ketones is 1. The van der Waals surface area contributed by atoms with Gasteiger partial charge in [-0.1, -0.05) is 13.8 Å². The lowest BCUT2D eigenvalue weighted by atomic mass is 9.68. The molecule has 1 aliphatic carbocycles. The molecule has 1 heterocycles. The Labute approximate surface area is 99.4 Å². The Bertz CT molecular complexity index is 283. The molecule has 0 atom stereocenters. The molecule has 1 spiro atoms. The Kier molecular flexibility index (Phi) is 2.90. The van der Waals surface area contributed by atoms with Gasteiger partial charge in [0.05, 0.1) is 5.54 Å². The number of rotatable bonds is 1. The Morgan fingerprint density at radius 2 is 1.69 bits per heavy atom. The van der Waals surface area contributed by atoms with Crippen LogP contribution in [0.5, 0.6) is 0 Å². The van der Waals surface area contributed by atoms with Crippen LogP contribution in [0.3, 0.4) is 0 Å². The van der Waals surface area contributed by atoms with Gasteiger partial charge in [0.1, 0.15) is 0 Å². The van der Waals surface area contributed by atoms with Crippen LogP contribution in [-0.4, -0.2) is 28.8 Å². The summed E-state index contributed by atoms with van der Waals surface area (Å²) in [5.41, 5.74) is 0.362. The molecule has 0 bridgehead atoms. The van der Waals surface area contributed by atoms with Crippen LogP contribution >= 0.6 is 0 Å². The molecule has 0 unspecified atom stereocenters. The summed E-state index contributed by atoms with van der Waals surface area (Å²) in [5, 5.41) is 0. The van der Waals surface area contributed by atoms with E-state index in [1.807, 2.05) is 0 Å². The zero-order valence-corrected chi connectivity index (χ0v) is 11.2. The minimum atomic E-state index is -0.0797. The van der Waals surface area contributed by atoms with Crippen molar-refractivity contribution >= 4 is 5.78 Å². The standard InChI is InChI=1S/C14H25NO/c1-11(2)15-10-5-12(16)14(15)8-6-13(3,4)7-9-14/h11H,5-10H2,1-4H3. The van der Waals surface area contributed by atoms with Crippen molar-refractivity contribution in [2.75, 3.05) is 6.54 Å². The first-order chi connectivity index (χ1) is 7.37. The zero-order valence-electron chi connectivity index (χ0n) is 11.2. The molecule has 0 amide bonds. The van der Waals surface area contributed by atoms with Crippen molar-refractivity contribution in [3.63, 3.8) is 0 Å². The van der Waals surface area contributed by atoms with Gasteiger partial charge in [-0.2, -0.15) is 0 Å². The van der Waals surface area contributed by atoms with E-state index in [2.05, 4.69) is 32.6 Å². The van der Waals surface area contributed by atoms with Crippen molar-refractivity contribution in [2.24, 2.45) is 5.41 Å². The number of nitrogens with zero attached hydrogens (tertiary/aromatic N) is 1. The normalized spacial score (nSPS) is 29.2. The molecular formula is C14H25NO. The van der Waals surface area contributed by atoms with Gasteiger partial charge in [0.2, 0.25) is 0 Å². The predicted molar refractivity (Wildman–Crippen MR) is 66.4 cm³/mol. The molecule has 0 radical (unpaired) electrons. The molecule has 0 aromatic carbocycles. The van der Waals surface area contributed by atoms with Crippen LogP contribution in [-0.2, 0) is 4.79 Å². The van der Waals surface area contributed by atoms with Crippen LogP contribution in [0.1, 0.15) is 59.8 Å². The number of hydrogen-bond donors (Lipinski definition) is 0. The molecule has 1 saturated heterocycles. The topological polar surface area (TPSA) is 20.3 Å². The lowest BCUT2D eigenvalue weighted by molar-refractivity contribution is -0.129. The number of hydrogen-bond acceptors (Lipinski definition) is 2. The fraction of sp³-hybridized carbons (Fsp3) is 0.929. The summed E-state index contributed by atoms with van der Waals surface area (Å²) < 4.78 is 0. The van der Waals surface area contributed by atoms with Crippen LogP contribution < -0.4 is 0 Å². The third-order valence-electron chi connectivity index (χ3n) is 4.70. The van der Waals surface area contributed by atoms with Gasteiger partial charge in [-0.3, -0.25) is 9.69 Å². The number of carbonyl (C=O) groups is 1. The smallest absolute Gasteiger partial charge is 0.154 e. The van der Waals surface area contributed by atoms with E-state index in [-0.39, 0.29) is 5.54 Å². The molecular weight excluding hydrogens is 198 g/mol. The summed E-state index contributed by atoms with van der Waals surface area (Å²) in [6, 6.07) is 0.507. The summed E-state index contributed by atoms with van der Waals surface area (Å²) in [5.74, 6) is 0.511. The third-order valence-corrected chi connectivity index (χ3v) is 4.70. The molecule has 0 N–H and O–H groups in total. The fourth-order valence-corrected chi connectivity index (χ4v) is 3.49. The molecule has 1 saturated carbocycles. The lowest BCUT2D eigenvalue weighted by Crippen LogP contribution is -2.54. The maximum atomic E-state index is 12.2. The van der Waals surface area contributed by atoms with Crippen molar-refractivity contribution in [3.8, 4) is 0 Å². The molecule has 92 valence electrons. The Balaban J connectivity index is 2.19. The second-order valence-electron chi connectivity index (χ2n) is 6.66. The summed E-state index contributed by atoms with van der Waals surface area (Å²) >= 11 is 0. The van der Waals surface area contributed by atoms with Gasteiger partial charge in [-0.25, -0.2) is 0 Å². The van der Waals surface area contributed by atoms with Crippen molar-refractivity contribution in [1.82, 2.24) is 4.90 Å². The predicted octanol–water partition coefficient (Wildman–Crippen LogP) is 3.01. The van der Waals surface area contributed by atoms with Crippen LogP contribution in [0.15, 0.2) is 0 Å². The van der Waals surface area contributed by atoms with Crippen molar-refractivity contribution < 1.29 is 4.79 Å². The highest BCUT2D eigenvalue weighted by atomic mass is 16.1. The molecule has 2 rings (SSSR count). The largest absolute Gasteiger partial charge is 0.298 e. The van der Waals surface area contributed by atoms with Gasteiger partial charge in [-0.05, 0) is 44.9 Å². The van der Waals surface area contributed by atoms with Crippen LogP contribution in [0.2, 0.25) is 0 Å². The van der Waals surface area contributed by atoms with Gasteiger partial charge in [-0.15, -0.1) is 0 Å². The van der Waals surface area contributed by atoms with Crippen molar-refractivity contribution in [1.29, 1.82) is 0 Å². The fourth-order valence-electron chi connectivity index (χ4n) is 3.49. The quantitative estimate of drug-likeness (QED) is 0.681. The summed E-state index contributed by atoms with van der Waals surface area (Å²) in [6.07, 6.45) is 5.33. The van der Waals surface area contributed by atoms with E-state index in [9.17, 15) is 4.79 Å². The highest BCUT2D eigenvalue weighted by Crippen LogP contribution is 2.46. The first-order valence-corrected chi connectivity index (χ1v) is 6.67. The van der Waals surface area contributed by atoms with E-state index in [1.165, 1.54) is 12.8 Å². The van der Waals surface area contributed by atoms with Crippen molar-refractivity contribution in [2.45, 2.75) is 71.4 Å². The number of Topliss-reactive ketones (excluding diaryl/α,β-unsaturated/α-hetero) is 1. The van der Waals surface area contributed by atoms with E-state index >= 15 is 0 Å². The molecule has 0 aromatic heterocycles. The molecule has 16 heavy (non-hydrogen) atoms. The summed E-state index contributed by atoms with van der Waals surface area (Å²) in [6.45, 7) is 10.1. The Hall–Kier alpha value is -0.370. The Morgan fingerprint density at radius 1 is 1.12 bits per heavy atom. The number of carbonyl (C=O) groups excluding carboxylic acids is 1. The average Bonchev–Trinajstić information content (AvgIpc) is 2.50. The molecule has 1 aliphatic heterocycles. The second-order valence-corrected chi connectivity index (χ2v) is 6.66. The molecule has 2 aliphatic rings. The maximum absolute atomic E-state index is 12.2. The molecule has 2 fully saturated rings. The Morgan fingerprint density at radius 3 is 2.19 bits per heavy atom. The second kappa shape index (κ2) is 3.83. The first kappa shape index (κ1) is 12.1. The van der Waals surface area contributed by atoms with Crippen LogP contribution in [0.25, 0.3) is 0 Å². The highest BCUT2D eigenvalue weighted by Gasteiger charge is 2.51. The van der Waals surface area contributed by atoms with Crippen molar-refractivity contribution in [3.05, 3.63) is 0 Å². The van der Waals surface area contributed by atoms with E-state index in [0.29, 0.717) is 17.2 Å². The molecule has 2 nitrogen and oxygen atoms in total. The van der Waals surface area contributed by atoms with Crippen LogP contribution in [0, 0.1) is 5.41 Å².